The van der Waals surface area contributed by atoms with E-state index in [0.29, 0.717) is 19.3 Å². The second-order valence-electron chi connectivity index (χ2n) is 18.0. The van der Waals surface area contributed by atoms with Gasteiger partial charge < -0.3 is 14.2 Å². The minimum Gasteiger partial charge on any atom is -0.462 e. The van der Waals surface area contributed by atoms with E-state index in [1.807, 2.05) is 72.9 Å². The third kappa shape index (κ3) is 54.4. The van der Waals surface area contributed by atoms with Crippen molar-refractivity contribution >= 4 is 17.9 Å². The molecule has 1 atom stereocenters. The van der Waals surface area contributed by atoms with E-state index in [0.717, 1.165) is 83.5 Å². The number of unbranched alkanes of at least 4 members (excludes halogenated alkanes) is 23. The molecule has 388 valence electrons. The molecule has 0 radical (unpaired) electrons. The molecule has 0 aliphatic rings. The van der Waals surface area contributed by atoms with Gasteiger partial charge in [0.15, 0.2) is 6.10 Å². The van der Waals surface area contributed by atoms with Gasteiger partial charge in [-0.15, -0.1) is 0 Å². The summed E-state index contributed by atoms with van der Waals surface area (Å²) < 4.78 is 16.8. The van der Waals surface area contributed by atoms with Crippen LogP contribution in [0.15, 0.2) is 134 Å². The quantitative estimate of drug-likeness (QED) is 0.0262. The van der Waals surface area contributed by atoms with E-state index in [2.05, 4.69) is 81.5 Å². The Morgan fingerprint density at radius 3 is 0.899 bits per heavy atom. The first kappa shape index (κ1) is 64.5. The Morgan fingerprint density at radius 1 is 0.304 bits per heavy atom. The van der Waals surface area contributed by atoms with Gasteiger partial charge in [-0.1, -0.05) is 251 Å². The van der Waals surface area contributed by atoms with Crippen molar-refractivity contribution in [1.29, 1.82) is 0 Å². The van der Waals surface area contributed by atoms with Crippen LogP contribution < -0.4 is 0 Å². The summed E-state index contributed by atoms with van der Waals surface area (Å²) in [5.41, 5.74) is 0. The number of rotatable bonds is 48. The molecule has 6 nitrogen and oxygen atoms in total. The van der Waals surface area contributed by atoms with E-state index in [1.165, 1.54) is 89.9 Å². The molecule has 0 aromatic carbocycles. The molecular formula is C63H100O6. The standard InChI is InChI=1S/C63H100O6/c1-4-7-10-13-16-19-22-25-28-31-32-33-36-38-41-44-47-50-53-56-62(65)68-59-60(69-63(66)57-54-51-48-45-42-39-35-30-27-24-21-18-15-12-9-6-3)58-67-61(64)55-52-49-46-43-40-37-34-29-26-23-20-17-14-11-8-5-2/h7,10,13,16,19,22,25,28-42,60H,4-6,8-9,11-12,14-15,17-18,20-21,23-24,26-27,43-59H2,1-3H3/b10-7-,16-13-,22-19-,28-25-,32-31+,34-29-,35-30-,36-33-,40-37-,41-38-,42-39-. The molecule has 0 aliphatic heterocycles. The topological polar surface area (TPSA) is 78.9 Å². The maximum atomic E-state index is 12.8. The number of allylic oxidation sites excluding steroid dienone is 22. The number of carbonyl (C=O) groups is 3. The van der Waals surface area contributed by atoms with Gasteiger partial charge in [0.2, 0.25) is 0 Å². The van der Waals surface area contributed by atoms with Crippen LogP contribution in [0, 0.1) is 0 Å². The maximum absolute atomic E-state index is 12.8. The fraction of sp³-hybridized carbons (Fsp3) is 0.603. The summed E-state index contributed by atoms with van der Waals surface area (Å²) in [6.07, 6.45) is 78.6. The van der Waals surface area contributed by atoms with Crippen LogP contribution in [0.3, 0.4) is 0 Å². The van der Waals surface area contributed by atoms with Gasteiger partial charge in [0.25, 0.3) is 0 Å². The van der Waals surface area contributed by atoms with E-state index in [9.17, 15) is 14.4 Å². The highest BCUT2D eigenvalue weighted by Gasteiger charge is 2.19. The normalized spacial score (nSPS) is 13.1. The third-order valence-electron chi connectivity index (χ3n) is 11.4. The molecule has 0 bridgehead atoms. The molecule has 0 aliphatic carbocycles. The Hall–Kier alpha value is -4.45. The molecule has 0 amide bonds. The predicted molar refractivity (Wildman–Crippen MR) is 297 cm³/mol. The van der Waals surface area contributed by atoms with E-state index in [4.69, 9.17) is 14.2 Å². The lowest BCUT2D eigenvalue weighted by Gasteiger charge is -2.18. The zero-order valence-corrected chi connectivity index (χ0v) is 44.3. The van der Waals surface area contributed by atoms with Crippen LogP contribution in [0.5, 0.6) is 0 Å². The molecule has 0 fully saturated rings. The summed E-state index contributed by atoms with van der Waals surface area (Å²) in [6, 6.07) is 0. The smallest absolute Gasteiger partial charge is 0.306 e. The van der Waals surface area contributed by atoms with Crippen molar-refractivity contribution in [3.8, 4) is 0 Å². The first-order valence-corrected chi connectivity index (χ1v) is 27.8. The van der Waals surface area contributed by atoms with Crippen LogP contribution in [0.2, 0.25) is 0 Å². The summed E-state index contributed by atoms with van der Waals surface area (Å²) in [4.78, 5) is 38.1. The van der Waals surface area contributed by atoms with Gasteiger partial charge >= 0.3 is 17.9 Å². The molecule has 69 heavy (non-hydrogen) atoms. The Labute approximate surface area is 424 Å². The number of hydrogen-bond donors (Lipinski definition) is 0. The lowest BCUT2D eigenvalue weighted by molar-refractivity contribution is -0.167. The van der Waals surface area contributed by atoms with E-state index < -0.39 is 6.10 Å². The van der Waals surface area contributed by atoms with Crippen LogP contribution >= 0.6 is 0 Å². The van der Waals surface area contributed by atoms with Crippen molar-refractivity contribution in [1.82, 2.24) is 0 Å². The lowest BCUT2D eigenvalue weighted by atomic mass is 10.1. The molecule has 1 unspecified atom stereocenters. The third-order valence-corrected chi connectivity index (χ3v) is 11.4. The molecule has 0 aromatic heterocycles. The van der Waals surface area contributed by atoms with Crippen LogP contribution in [-0.2, 0) is 28.6 Å². The Bertz CT molecular complexity index is 1510. The second-order valence-corrected chi connectivity index (χ2v) is 18.0. The molecule has 0 saturated carbocycles. The Morgan fingerprint density at radius 2 is 0.565 bits per heavy atom. The van der Waals surface area contributed by atoms with Gasteiger partial charge in [-0.25, -0.2) is 0 Å². The minimum absolute atomic E-state index is 0.122. The monoisotopic (exact) mass is 953 g/mol. The van der Waals surface area contributed by atoms with Crippen molar-refractivity contribution in [2.24, 2.45) is 0 Å². The highest BCUT2D eigenvalue weighted by Crippen LogP contribution is 2.13. The summed E-state index contributed by atoms with van der Waals surface area (Å²) in [7, 11) is 0. The summed E-state index contributed by atoms with van der Waals surface area (Å²) in [5.74, 6) is -1.02. The molecule has 0 rings (SSSR count). The van der Waals surface area contributed by atoms with Crippen LogP contribution in [0.4, 0.5) is 0 Å². The zero-order chi connectivity index (χ0) is 50.0. The average Bonchev–Trinajstić information content (AvgIpc) is 3.35. The number of esters is 3. The molecule has 0 N–H and O–H groups in total. The first-order chi connectivity index (χ1) is 34.0. The van der Waals surface area contributed by atoms with Crippen molar-refractivity contribution < 1.29 is 28.6 Å². The van der Waals surface area contributed by atoms with Crippen LogP contribution in [-0.4, -0.2) is 37.2 Å². The molecule has 0 heterocycles. The van der Waals surface area contributed by atoms with Gasteiger partial charge in [0.1, 0.15) is 13.2 Å². The largest absolute Gasteiger partial charge is 0.462 e. The van der Waals surface area contributed by atoms with Crippen molar-refractivity contribution in [2.75, 3.05) is 13.2 Å². The van der Waals surface area contributed by atoms with Gasteiger partial charge in [-0.05, 0) is 89.9 Å². The fourth-order valence-electron chi connectivity index (χ4n) is 7.17. The summed E-state index contributed by atoms with van der Waals surface area (Å²) >= 11 is 0. The summed E-state index contributed by atoms with van der Waals surface area (Å²) in [6.45, 7) is 6.39. The van der Waals surface area contributed by atoms with Gasteiger partial charge in [0, 0.05) is 19.3 Å². The minimum atomic E-state index is -0.827. The summed E-state index contributed by atoms with van der Waals surface area (Å²) in [5, 5.41) is 0. The number of hydrogen-bond acceptors (Lipinski definition) is 6. The Kier molecular flexibility index (Phi) is 52.5. The second kappa shape index (κ2) is 56.1. The zero-order valence-electron chi connectivity index (χ0n) is 44.3. The lowest BCUT2D eigenvalue weighted by Crippen LogP contribution is -2.30. The first-order valence-electron chi connectivity index (χ1n) is 27.8. The molecular weight excluding hydrogens is 853 g/mol. The van der Waals surface area contributed by atoms with Crippen molar-refractivity contribution in [3.63, 3.8) is 0 Å². The Balaban J connectivity index is 4.60. The maximum Gasteiger partial charge on any atom is 0.306 e. The van der Waals surface area contributed by atoms with Gasteiger partial charge in [0.05, 0.1) is 0 Å². The highest BCUT2D eigenvalue weighted by molar-refractivity contribution is 5.71. The van der Waals surface area contributed by atoms with E-state index in [1.54, 1.807) is 0 Å². The van der Waals surface area contributed by atoms with E-state index in [-0.39, 0.29) is 44.0 Å². The number of ether oxygens (including phenoxy) is 3. The fourth-order valence-corrected chi connectivity index (χ4v) is 7.17. The molecule has 0 spiro atoms. The molecule has 0 aromatic rings. The molecule has 6 heteroatoms. The average molecular weight is 953 g/mol. The van der Waals surface area contributed by atoms with Crippen molar-refractivity contribution in [3.05, 3.63) is 134 Å². The predicted octanol–water partition coefficient (Wildman–Crippen LogP) is 18.6. The van der Waals surface area contributed by atoms with Crippen LogP contribution in [0.25, 0.3) is 0 Å². The SMILES string of the molecule is CC\C=C/C=C\C=C/C=C\C=C\C=C/C=C\CCCCCC(=O)OCC(COC(=O)CCCCC/C=C\C=C/CCCCCCCCC)OC(=O)CCCCC/C=C\C=C/CCCCCCCCC. The molecule has 0 saturated heterocycles. The van der Waals surface area contributed by atoms with E-state index >= 15 is 0 Å². The highest BCUT2D eigenvalue weighted by atomic mass is 16.6. The number of carbonyl (C=O) groups excluding carboxylic acids is 3. The van der Waals surface area contributed by atoms with Gasteiger partial charge in [-0.3, -0.25) is 14.4 Å². The van der Waals surface area contributed by atoms with Crippen molar-refractivity contribution in [2.45, 2.75) is 232 Å². The van der Waals surface area contributed by atoms with Gasteiger partial charge in [-0.2, -0.15) is 0 Å². The van der Waals surface area contributed by atoms with Crippen LogP contribution in [0.1, 0.15) is 226 Å².